The van der Waals surface area contributed by atoms with Crippen LogP contribution in [0, 0.1) is 6.92 Å². The normalized spacial score (nSPS) is 15.8. The molecule has 20 heavy (non-hydrogen) atoms. The number of nitrogens with zero attached hydrogens (tertiary/aromatic N) is 1. The zero-order valence-electron chi connectivity index (χ0n) is 11.5. The lowest BCUT2D eigenvalue weighted by molar-refractivity contribution is -0.201. The first-order valence-electron chi connectivity index (χ1n) is 6.02. The van der Waals surface area contributed by atoms with E-state index in [1.807, 2.05) is 0 Å². The average molecular weight is 293 g/mol. The van der Waals surface area contributed by atoms with Crippen molar-refractivity contribution in [1.29, 1.82) is 0 Å². The molecule has 0 bridgehead atoms. The summed E-state index contributed by atoms with van der Waals surface area (Å²) in [7, 11) is 1.43. The molecule has 0 fully saturated rings. The molecule has 3 N–H and O–H groups in total. The molecule has 0 amide bonds. The van der Waals surface area contributed by atoms with Gasteiger partial charge in [-0.15, -0.1) is 0 Å². The minimum atomic E-state index is -4.66. The third-order valence-electron chi connectivity index (χ3n) is 2.61. The lowest BCUT2D eigenvalue weighted by atomic mass is 10.2. The summed E-state index contributed by atoms with van der Waals surface area (Å²) in [5, 5.41) is 14.2. The fraction of sp³-hybridized carbons (Fsp3) is 0.583. The highest BCUT2D eigenvalue weighted by atomic mass is 19.4. The van der Waals surface area contributed by atoms with E-state index in [2.05, 4.69) is 15.6 Å². The van der Waals surface area contributed by atoms with Gasteiger partial charge in [-0.1, -0.05) is 0 Å². The van der Waals surface area contributed by atoms with Crippen LogP contribution in [0.2, 0.25) is 0 Å². The van der Waals surface area contributed by atoms with Gasteiger partial charge in [0.2, 0.25) is 0 Å². The van der Waals surface area contributed by atoms with E-state index in [4.69, 9.17) is 9.52 Å². The van der Waals surface area contributed by atoms with Gasteiger partial charge in [0, 0.05) is 7.05 Å². The van der Waals surface area contributed by atoms with Gasteiger partial charge in [0.05, 0.1) is 12.6 Å². The number of guanidine groups is 1. The standard InChI is InChI=1S/C12H18F3N3O2/c1-7-4-5-9(20-7)8(2)18-11(16-3)17-6-10(19)12(13,14)15/h4-5,8,10,19H,6H2,1-3H3,(H2,16,17,18). The summed E-state index contributed by atoms with van der Waals surface area (Å²) >= 11 is 0. The fourth-order valence-electron chi connectivity index (χ4n) is 1.47. The number of alkyl halides is 3. The van der Waals surface area contributed by atoms with Crippen LogP contribution in [0.15, 0.2) is 21.5 Å². The molecule has 0 aliphatic carbocycles. The van der Waals surface area contributed by atoms with E-state index >= 15 is 0 Å². The number of furan rings is 1. The van der Waals surface area contributed by atoms with Crippen molar-refractivity contribution in [2.75, 3.05) is 13.6 Å². The molecule has 2 atom stereocenters. The van der Waals surface area contributed by atoms with Crippen molar-refractivity contribution in [2.45, 2.75) is 32.2 Å². The Bertz CT molecular complexity index is 457. The SMILES string of the molecule is CN=C(NCC(O)C(F)(F)F)NC(C)c1ccc(C)o1. The van der Waals surface area contributed by atoms with Crippen LogP contribution >= 0.6 is 0 Å². The Morgan fingerprint density at radius 2 is 2.10 bits per heavy atom. The van der Waals surface area contributed by atoms with Gasteiger partial charge >= 0.3 is 6.18 Å². The van der Waals surface area contributed by atoms with Crippen LogP contribution in [0.1, 0.15) is 24.5 Å². The Morgan fingerprint density at radius 3 is 2.55 bits per heavy atom. The number of hydrogen-bond acceptors (Lipinski definition) is 3. The third kappa shape index (κ3) is 4.76. The minimum absolute atomic E-state index is 0.148. The third-order valence-corrected chi connectivity index (χ3v) is 2.61. The maximum absolute atomic E-state index is 12.2. The second-order valence-electron chi connectivity index (χ2n) is 4.32. The molecule has 0 radical (unpaired) electrons. The highest BCUT2D eigenvalue weighted by molar-refractivity contribution is 5.80. The van der Waals surface area contributed by atoms with Gasteiger partial charge in [-0.05, 0) is 26.0 Å². The predicted molar refractivity (Wildman–Crippen MR) is 68.4 cm³/mol. The molecule has 1 rings (SSSR count). The summed E-state index contributed by atoms with van der Waals surface area (Å²) in [5.74, 6) is 1.53. The molecule has 0 aliphatic rings. The highest BCUT2D eigenvalue weighted by Crippen LogP contribution is 2.19. The van der Waals surface area contributed by atoms with Crippen molar-refractivity contribution < 1.29 is 22.7 Å². The molecule has 1 aromatic heterocycles. The molecule has 0 aromatic carbocycles. The van der Waals surface area contributed by atoms with Gasteiger partial charge in [-0.3, -0.25) is 4.99 Å². The molecule has 2 unspecified atom stereocenters. The lowest BCUT2D eigenvalue weighted by Crippen LogP contribution is -2.45. The summed E-state index contributed by atoms with van der Waals surface area (Å²) < 4.78 is 41.9. The Hall–Kier alpha value is -1.70. The number of aliphatic hydroxyl groups is 1. The monoisotopic (exact) mass is 293 g/mol. The molecule has 114 valence electrons. The fourth-order valence-corrected chi connectivity index (χ4v) is 1.47. The second kappa shape index (κ2) is 6.65. The molecule has 5 nitrogen and oxygen atoms in total. The van der Waals surface area contributed by atoms with Gasteiger partial charge in [-0.2, -0.15) is 13.2 Å². The first kappa shape index (κ1) is 16.4. The number of hydrogen-bond donors (Lipinski definition) is 3. The summed E-state index contributed by atoms with van der Waals surface area (Å²) in [6.45, 7) is 2.90. The first-order chi connectivity index (χ1) is 9.24. The Labute approximate surface area is 114 Å². The molecule has 0 saturated carbocycles. The van der Waals surface area contributed by atoms with Crippen molar-refractivity contribution in [3.8, 4) is 0 Å². The zero-order chi connectivity index (χ0) is 15.3. The van der Waals surface area contributed by atoms with Crippen molar-refractivity contribution in [3.05, 3.63) is 23.7 Å². The number of halogens is 3. The van der Waals surface area contributed by atoms with Crippen LogP contribution < -0.4 is 10.6 Å². The van der Waals surface area contributed by atoms with Gasteiger partial charge in [0.1, 0.15) is 11.5 Å². The number of nitrogens with one attached hydrogen (secondary N) is 2. The second-order valence-corrected chi connectivity index (χ2v) is 4.32. The summed E-state index contributed by atoms with van der Waals surface area (Å²) in [5.41, 5.74) is 0. The van der Waals surface area contributed by atoms with Crippen molar-refractivity contribution in [2.24, 2.45) is 4.99 Å². The molecule has 1 heterocycles. The van der Waals surface area contributed by atoms with E-state index in [0.29, 0.717) is 5.76 Å². The van der Waals surface area contributed by atoms with Crippen LogP contribution in [-0.4, -0.2) is 36.9 Å². The Kier molecular flexibility index (Phi) is 5.43. The quantitative estimate of drug-likeness (QED) is 0.584. The Morgan fingerprint density at radius 1 is 1.45 bits per heavy atom. The van der Waals surface area contributed by atoms with Crippen molar-refractivity contribution in [1.82, 2.24) is 10.6 Å². The molecule has 1 aromatic rings. The smallest absolute Gasteiger partial charge is 0.416 e. The van der Waals surface area contributed by atoms with Crippen molar-refractivity contribution in [3.63, 3.8) is 0 Å². The minimum Gasteiger partial charge on any atom is -0.464 e. The Balaban J connectivity index is 2.52. The van der Waals surface area contributed by atoms with Crippen LogP contribution in [0.25, 0.3) is 0 Å². The van der Waals surface area contributed by atoms with E-state index < -0.39 is 18.8 Å². The zero-order valence-corrected chi connectivity index (χ0v) is 11.5. The molecular weight excluding hydrogens is 275 g/mol. The van der Waals surface area contributed by atoms with E-state index in [1.54, 1.807) is 26.0 Å². The maximum Gasteiger partial charge on any atom is 0.416 e. The molecule has 0 aliphatic heterocycles. The number of aryl methyl sites for hydroxylation is 1. The molecule has 8 heteroatoms. The van der Waals surface area contributed by atoms with Crippen LogP contribution in [-0.2, 0) is 0 Å². The van der Waals surface area contributed by atoms with Gasteiger partial charge in [0.15, 0.2) is 12.1 Å². The molecule has 0 spiro atoms. The average Bonchev–Trinajstić information content (AvgIpc) is 2.79. The van der Waals surface area contributed by atoms with Gasteiger partial charge in [0.25, 0.3) is 0 Å². The van der Waals surface area contributed by atoms with Crippen molar-refractivity contribution >= 4 is 5.96 Å². The topological polar surface area (TPSA) is 69.8 Å². The largest absolute Gasteiger partial charge is 0.464 e. The van der Waals surface area contributed by atoms with E-state index in [0.717, 1.165) is 5.76 Å². The van der Waals surface area contributed by atoms with Gasteiger partial charge in [-0.25, -0.2) is 0 Å². The van der Waals surface area contributed by atoms with Crippen LogP contribution in [0.3, 0.4) is 0 Å². The van der Waals surface area contributed by atoms with E-state index in [9.17, 15) is 13.2 Å². The highest BCUT2D eigenvalue weighted by Gasteiger charge is 2.38. The van der Waals surface area contributed by atoms with Gasteiger partial charge < -0.3 is 20.2 Å². The molecular formula is C12H18F3N3O2. The summed E-state index contributed by atoms with van der Waals surface area (Å²) in [6.07, 6.45) is -7.10. The summed E-state index contributed by atoms with van der Waals surface area (Å²) in [6, 6.07) is 3.29. The predicted octanol–water partition coefficient (Wildman–Crippen LogP) is 1.74. The van der Waals surface area contributed by atoms with E-state index in [1.165, 1.54) is 7.05 Å². The summed E-state index contributed by atoms with van der Waals surface area (Å²) in [4.78, 5) is 3.79. The van der Waals surface area contributed by atoms with E-state index in [-0.39, 0.29) is 12.0 Å². The maximum atomic E-state index is 12.2. The van der Waals surface area contributed by atoms with Crippen LogP contribution in [0.5, 0.6) is 0 Å². The molecule has 0 saturated heterocycles. The number of rotatable bonds is 4. The van der Waals surface area contributed by atoms with Crippen LogP contribution in [0.4, 0.5) is 13.2 Å². The number of aliphatic hydroxyl groups excluding tert-OH is 1. The first-order valence-corrected chi connectivity index (χ1v) is 6.02. The number of aliphatic imine (C=N–C) groups is 1. The lowest BCUT2D eigenvalue weighted by Gasteiger charge is -2.19.